The first-order valence-corrected chi connectivity index (χ1v) is 8.63. The second-order valence-corrected chi connectivity index (χ2v) is 6.84. The van der Waals surface area contributed by atoms with Gasteiger partial charge in [0.05, 0.1) is 24.9 Å². The highest BCUT2D eigenvalue weighted by Gasteiger charge is 2.28. The average molecular weight is 409 g/mol. The van der Waals surface area contributed by atoms with E-state index in [1.54, 1.807) is 27.7 Å². The molecule has 0 spiro atoms. The number of anilines is 1. The minimum absolute atomic E-state index is 0.0970. The van der Waals surface area contributed by atoms with Crippen molar-refractivity contribution in [2.45, 2.75) is 45.5 Å². The van der Waals surface area contributed by atoms with Crippen LogP contribution in [0.1, 0.15) is 38.2 Å². The Labute approximate surface area is 161 Å². The standard InChI is InChI=1S/C17H26F3N3O5/c1-5-27-14(24)13-12(6-7-21-13)23-11(9-26-10-17(18,19)20)8-22-15(25)28-16(2,3)4/h6-7,11,21,23H,5,8-10H2,1-4H3,(H,22,25). The summed E-state index contributed by atoms with van der Waals surface area (Å²) in [5.41, 5.74) is -0.303. The van der Waals surface area contributed by atoms with Gasteiger partial charge >= 0.3 is 18.2 Å². The van der Waals surface area contributed by atoms with Crippen LogP contribution in [0.2, 0.25) is 0 Å². The molecule has 0 aliphatic rings. The van der Waals surface area contributed by atoms with Gasteiger partial charge in [0.15, 0.2) is 0 Å². The Morgan fingerprint density at radius 3 is 2.50 bits per heavy atom. The van der Waals surface area contributed by atoms with Gasteiger partial charge in [-0.25, -0.2) is 9.59 Å². The van der Waals surface area contributed by atoms with Gasteiger partial charge in [-0.1, -0.05) is 0 Å². The molecule has 1 unspecified atom stereocenters. The lowest BCUT2D eigenvalue weighted by molar-refractivity contribution is -0.174. The molecule has 8 nitrogen and oxygen atoms in total. The molecule has 1 amide bonds. The van der Waals surface area contributed by atoms with Gasteiger partial charge in [0, 0.05) is 12.7 Å². The molecule has 160 valence electrons. The highest BCUT2D eigenvalue weighted by Crippen LogP contribution is 2.18. The van der Waals surface area contributed by atoms with E-state index in [0.29, 0.717) is 5.69 Å². The first-order chi connectivity index (χ1) is 12.9. The summed E-state index contributed by atoms with van der Waals surface area (Å²) in [7, 11) is 0. The number of rotatable bonds is 9. The maximum absolute atomic E-state index is 12.3. The van der Waals surface area contributed by atoms with Crippen LogP contribution in [0.5, 0.6) is 0 Å². The summed E-state index contributed by atoms with van der Waals surface area (Å²) in [5, 5.41) is 5.34. The van der Waals surface area contributed by atoms with Gasteiger partial charge in [-0.3, -0.25) is 0 Å². The Morgan fingerprint density at radius 1 is 1.25 bits per heavy atom. The average Bonchev–Trinajstić information content (AvgIpc) is 2.98. The van der Waals surface area contributed by atoms with Crippen LogP contribution in [0.3, 0.4) is 0 Å². The third kappa shape index (κ3) is 9.49. The van der Waals surface area contributed by atoms with E-state index in [9.17, 15) is 22.8 Å². The van der Waals surface area contributed by atoms with Crippen LogP contribution in [0.15, 0.2) is 12.3 Å². The van der Waals surface area contributed by atoms with Crippen molar-refractivity contribution in [2.75, 3.05) is 31.7 Å². The van der Waals surface area contributed by atoms with E-state index < -0.39 is 36.5 Å². The minimum Gasteiger partial charge on any atom is -0.461 e. The highest BCUT2D eigenvalue weighted by atomic mass is 19.4. The van der Waals surface area contributed by atoms with Crippen molar-refractivity contribution in [3.05, 3.63) is 18.0 Å². The van der Waals surface area contributed by atoms with Crippen molar-refractivity contribution < 1.29 is 37.0 Å². The van der Waals surface area contributed by atoms with Crippen molar-refractivity contribution in [2.24, 2.45) is 0 Å². The number of ether oxygens (including phenoxy) is 3. The maximum Gasteiger partial charge on any atom is 0.411 e. The molecule has 1 aromatic rings. The molecule has 0 aliphatic carbocycles. The predicted molar refractivity (Wildman–Crippen MR) is 95.3 cm³/mol. The third-order valence-electron chi connectivity index (χ3n) is 3.06. The number of aromatic nitrogens is 1. The lowest BCUT2D eigenvalue weighted by Crippen LogP contribution is -2.42. The molecule has 0 bridgehead atoms. The molecule has 0 fully saturated rings. The number of carbonyl (C=O) groups excluding carboxylic acids is 2. The zero-order chi connectivity index (χ0) is 21.4. The first kappa shape index (κ1) is 23.6. The van der Waals surface area contributed by atoms with Crippen molar-refractivity contribution >= 4 is 17.7 Å². The van der Waals surface area contributed by atoms with E-state index >= 15 is 0 Å². The molecule has 1 aromatic heterocycles. The largest absolute Gasteiger partial charge is 0.461 e. The molecule has 0 radical (unpaired) electrons. The van der Waals surface area contributed by atoms with Gasteiger partial charge in [0.2, 0.25) is 0 Å². The van der Waals surface area contributed by atoms with Crippen LogP contribution in [0.4, 0.5) is 23.7 Å². The summed E-state index contributed by atoms with van der Waals surface area (Å²) in [6, 6.07) is 0.759. The molecule has 0 aromatic carbocycles. The number of alkyl halides is 3. The van der Waals surface area contributed by atoms with Crippen LogP contribution in [-0.2, 0) is 14.2 Å². The number of halogens is 3. The molecule has 0 saturated heterocycles. The molecule has 0 aliphatic heterocycles. The normalized spacial score (nSPS) is 13.0. The van der Waals surface area contributed by atoms with Crippen molar-refractivity contribution in [1.82, 2.24) is 10.3 Å². The van der Waals surface area contributed by atoms with Gasteiger partial charge in [0.25, 0.3) is 0 Å². The highest BCUT2D eigenvalue weighted by molar-refractivity contribution is 5.93. The zero-order valence-corrected chi connectivity index (χ0v) is 16.2. The van der Waals surface area contributed by atoms with Gasteiger partial charge in [0.1, 0.15) is 17.9 Å². The lowest BCUT2D eigenvalue weighted by Gasteiger charge is -2.23. The molecule has 0 saturated carbocycles. The van der Waals surface area contributed by atoms with E-state index in [1.165, 1.54) is 12.3 Å². The number of alkyl carbamates (subject to hydrolysis) is 1. The summed E-state index contributed by atoms with van der Waals surface area (Å²) in [6.45, 7) is 4.95. The maximum atomic E-state index is 12.3. The predicted octanol–water partition coefficient (Wildman–Crippen LogP) is 3.08. The van der Waals surface area contributed by atoms with Gasteiger partial charge in [-0.05, 0) is 33.8 Å². The number of H-pyrrole nitrogens is 1. The van der Waals surface area contributed by atoms with E-state index in [-0.39, 0.29) is 25.5 Å². The lowest BCUT2D eigenvalue weighted by atomic mass is 10.2. The fraction of sp³-hybridized carbons (Fsp3) is 0.647. The molecular weight excluding hydrogens is 383 g/mol. The van der Waals surface area contributed by atoms with E-state index in [2.05, 4.69) is 20.4 Å². The molecule has 11 heteroatoms. The summed E-state index contributed by atoms with van der Waals surface area (Å²) in [6.07, 6.45) is -3.73. The Bertz CT molecular complexity index is 641. The number of amides is 1. The quantitative estimate of drug-likeness (QED) is 0.542. The smallest absolute Gasteiger partial charge is 0.411 e. The fourth-order valence-corrected chi connectivity index (χ4v) is 2.07. The molecular formula is C17H26F3N3O5. The number of hydrogen-bond acceptors (Lipinski definition) is 6. The van der Waals surface area contributed by atoms with E-state index in [4.69, 9.17) is 9.47 Å². The van der Waals surface area contributed by atoms with Crippen molar-refractivity contribution in [3.63, 3.8) is 0 Å². The Morgan fingerprint density at radius 2 is 1.93 bits per heavy atom. The van der Waals surface area contributed by atoms with Crippen LogP contribution in [0, 0.1) is 0 Å². The summed E-state index contributed by atoms with van der Waals surface area (Å²) in [5.74, 6) is -0.620. The van der Waals surface area contributed by atoms with Crippen LogP contribution in [0.25, 0.3) is 0 Å². The fourth-order valence-electron chi connectivity index (χ4n) is 2.07. The van der Waals surface area contributed by atoms with Crippen LogP contribution >= 0.6 is 0 Å². The van der Waals surface area contributed by atoms with Crippen molar-refractivity contribution in [3.8, 4) is 0 Å². The monoisotopic (exact) mass is 409 g/mol. The second kappa shape index (κ2) is 10.2. The summed E-state index contributed by atoms with van der Waals surface area (Å²) < 4.78 is 51.7. The number of aromatic amines is 1. The van der Waals surface area contributed by atoms with Gasteiger partial charge in [-0.2, -0.15) is 13.2 Å². The topological polar surface area (TPSA) is 102 Å². The number of carbonyl (C=O) groups is 2. The van der Waals surface area contributed by atoms with E-state index in [0.717, 1.165) is 0 Å². The molecule has 28 heavy (non-hydrogen) atoms. The zero-order valence-electron chi connectivity index (χ0n) is 16.2. The Balaban J connectivity index is 2.76. The van der Waals surface area contributed by atoms with E-state index in [1.807, 2.05) is 0 Å². The summed E-state index contributed by atoms with van der Waals surface area (Å²) in [4.78, 5) is 26.4. The number of hydrogen-bond donors (Lipinski definition) is 3. The number of esters is 1. The molecule has 3 N–H and O–H groups in total. The van der Waals surface area contributed by atoms with Gasteiger partial charge < -0.3 is 29.8 Å². The Kier molecular flexibility index (Phi) is 8.61. The van der Waals surface area contributed by atoms with Gasteiger partial charge in [-0.15, -0.1) is 0 Å². The van der Waals surface area contributed by atoms with Crippen LogP contribution in [-0.4, -0.2) is 61.2 Å². The van der Waals surface area contributed by atoms with Crippen molar-refractivity contribution in [1.29, 1.82) is 0 Å². The molecule has 1 rings (SSSR count). The number of nitrogens with one attached hydrogen (secondary N) is 3. The second-order valence-electron chi connectivity index (χ2n) is 6.84. The SMILES string of the molecule is CCOC(=O)c1[nH]ccc1NC(CNC(=O)OC(C)(C)C)COCC(F)(F)F. The Hall–Kier alpha value is -2.43. The molecule has 1 atom stereocenters. The third-order valence-corrected chi connectivity index (χ3v) is 3.06. The summed E-state index contributed by atoms with van der Waals surface area (Å²) >= 11 is 0. The molecule has 1 heterocycles. The van der Waals surface area contributed by atoms with Crippen LogP contribution < -0.4 is 10.6 Å². The first-order valence-electron chi connectivity index (χ1n) is 8.63. The minimum atomic E-state index is -4.48.